The summed E-state index contributed by atoms with van der Waals surface area (Å²) in [6.45, 7) is 1.68. The molecule has 0 saturated carbocycles. The van der Waals surface area contributed by atoms with Crippen molar-refractivity contribution in [2.45, 2.75) is 6.92 Å². The molecule has 1 aromatic carbocycles. The van der Waals surface area contributed by atoms with Gasteiger partial charge in [0.05, 0.1) is 19.8 Å². The molecule has 2 aliphatic heterocycles. The van der Waals surface area contributed by atoms with E-state index < -0.39 is 17.9 Å². The predicted octanol–water partition coefficient (Wildman–Crippen LogP) is 2.09. The molecule has 1 N–H and O–H groups in total. The Morgan fingerprint density at radius 1 is 1.30 bits per heavy atom. The lowest BCUT2D eigenvalue weighted by atomic mass is 10.1. The number of carbonyl (C=O) groups is 3. The molecule has 1 aromatic rings. The highest BCUT2D eigenvalue weighted by atomic mass is 35.5. The van der Waals surface area contributed by atoms with Gasteiger partial charge in [-0.05, 0) is 24.3 Å². The summed E-state index contributed by atoms with van der Waals surface area (Å²) in [7, 11) is 2.98. The summed E-state index contributed by atoms with van der Waals surface area (Å²) in [5.74, 6) is -0.612. The number of hydrogen-bond donors (Lipinski definition) is 1. The van der Waals surface area contributed by atoms with Gasteiger partial charge in [-0.2, -0.15) is 9.48 Å². The molecule has 0 spiro atoms. The molecule has 3 rings (SSSR count). The van der Waals surface area contributed by atoms with Gasteiger partial charge in [-0.3, -0.25) is 9.59 Å². The Hall–Kier alpha value is -2.52. The van der Waals surface area contributed by atoms with Gasteiger partial charge in [0.15, 0.2) is 5.92 Å². The Balaban J connectivity index is 1.75. The molecule has 1 atom stereocenters. The van der Waals surface area contributed by atoms with Crippen LogP contribution in [0.1, 0.15) is 6.92 Å². The minimum Gasteiger partial charge on any atom is -0.325 e. The van der Waals surface area contributed by atoms with E-state index >= 15 is 0 Å². The highest BCUT2D eigenvalue weighted by molar-refractivity contribution is 8.14. The van der Waals surface area contributed by atoms with Gasteiger partial charge in [-0.1, -0.05) is 28.4 Å². The van der Waals surface area contributed by atoms with Crippen LogP contribution >= 0.6 is 23.4 Å². The number of urea groups is 1. The van der Waals surface area contributed by atoms with Crippen LogP contribution in [0.3, 0.4) is 0 Å². The third-order valence-electron chi connectivity index (χ3n) is 4.03. The predicted molar refractivity (Wildman–Crippen MR) is 106 cm³/mol. The molecule has 4 amide bonds. The molecule has 0 aromatic heterocycles. The number of anilines is 1. The molecular weight excluding hydrogens is 390 g/mol. The van der Waals surface area contributed by atoms with Crippen LogP contribution in [0.25, 0.3) is 0 Å². The van der Waals surface area contributed by atoms with Crippen LogP contribution < -0.4 is 5.32 Å². The van der Waals surface area contributed by atoms with Crippen LogP contribution in [-0.4, -0.2) is 63.9 Å². The quantitative estimate of drug-likeness (QED) is 0.777. The van der Waals surface area contributed by atoms with Crippen molar-refractivity contribution in [1.29, 1.82) is 0 Å². The Morgan fingerprint density at radius 2 is 1.96 bits per heavy atom. The summed E-state index contributed by atoms with van der Waals surface area (Å²) >= 11 is 6.98. The first-order valence-corrected chi connectivity index (χ1v) is 9.38. The molecule has 1 unspecified atom stereocenters. The van der Waals surface area contributed by atoms with Crippen molar-refractivity contribution < 1.29 is 19.0 Å². The molecular formula is C17H17ClN5O3S+. The third kappa shape index (κ3) is 3.93. The average molecular weight is 407 g/mol. The summed E-state index contributed by atoms with van der Waals surface area (Å²) in [4.78, 5) is 46.5. The number of aliphatic imine (C=N–C) groups is 2. The van der Waals surface area contributed by atoms with Crippen molar-refractivity contribution in [3.05, 3.63) is 29.3 Å². The van der Waals surface area contributed by atoms with Gasteiger partial charge in [-0.25, -0.2) is 9.79 Å². The first kappa shape index (κ1) is 19.2. The topological polar surface area (TPSA) is 94.2 Å². The molecule has 0 fully saturated rings. The fraction of sp³-hybridized carbons (Fsp3) is 0.294. The number of amidine groups is 2. The van der Waals surface area contributed by atoms with Crippen molar-refractivity contribution in [3.8, 4) is 0 Å². The number of imide groups is 1. The second-order valence-corrected chi connectivity index (χ2v) is 7.41. The van der Waals surface area contributed by atoms with Crippen molar-refractivity contribution in [3.63, 3.8) is 0 Å². The first-order chi connectivity index (χ1) is 12.8. The maximum absolute atomic E-state index is 12.6. The van der Waals surface area contributed by atoms with E-state index in [1.165, 1.54) is 11.6 Å². The number of rotatable bonds is 3. The number of thioether (sulfide) groups is 1. The Bertz CT molecular complexity index is 923. The van der Waals surface area contributed by atoms with E-state index in [4.69, 9.17) is 11.6 Å². The number of carbonyl (C=O) groups excluding carboxylic acids is 3. The molecule has 10 heteroatoms. The molecule has 0 radical (unpaired) electrons. The van der Waals surface area contributed by atoms with Crippen molar-refractivity contribution >= 4 is 63.6 Å². The monoisotopic (exact) mass is 406 g/mol. The number of fused-ring (bicyclic) bond motifs is 1. The van der Waals surface area contributed by atoms with Crippen molar-refractivity contribution in [2.24, 2.45) is 15.9 Å². The van der Waals surface area contributed by atoms with Crippen LogP contribution in [0.4, 0.5) is 10.5 Å². The summed E-state index contributed by atoms with van der Waals surface area (Å²) in [6, 6.07) is 6.31. The lowest BCUT2D eigenvalue weighted by Gasteiger charge is -2.26. The van der Waals surface area contributed by atoms with Gasteiger partial charge < -0.3 is 5.32 Å². The van der Waals surface area contributed by atoms with E-state index in [1.54, 1.807) is 38.2 Å². The maximum Gasteiger partial charge on any atom is 0.445 e. The zero-order valence-electron chi connectivity index (χ0n) is 14.9. The highest BCUT2D eigenvalue weighted by Gasteiger charge is 2.48. The summed E-state index contributed by atoms with van der Waals surface area (Å²) in [6.07, 6.45) is 0. The Kier molecular flexibility index (Phi) is 5.43. The zero-order valence-corrected chi connectivity index (χ0v) is 16.5. The molecule has 8 nitrogen and oxygen atoms in total. The van der Waals surface area contributed by atoms with E-state index in [9.17, 15) is 14.4 Å². The molecule has 2 heterocycles. The SMILES string of the molecule is CC1=NC2=[N+](C)C(=O)N(C)C(=O)C2C(SCC(=O)Nc2ccc(Cl)cc2)=N1. The van der Waals surface area contributed by atoms with Gasteiger partial charge in [0.2, 0.25) is 11.7 Å². The number of halogens is 1. The first-order valence-electron chi connectivity index (χ1n) is 8.02. The number of nitrogens with zero attached hydrogens (tertiary/aromatic N) is 4. The second kappa shape index (κ2) is 7.61. The van der Waals surface area contributed by atoms with E-state index in [1.807, 2.05) is 0 Å². The van der Waals surface area contributed by atoms with Gasteiger partial charge in [0.25, 0.3) is 5.84 Å². The molecule has 27 heavy (non-hydrogen) atoms. The molecule has 2 aliphatic rings. The van der Waals surface area contributed by atoms with Gasteiger partial charge >= 0.3 is 11.9 Å². The van der Waals surface area contributed by atoms with E-state index in [2.05, 4.69) is 15.3 Å². The van der Waals surface area contributed by atoms with E-state index in [0.717, 1.165) is 16.7 Å². The van der Waals surface area contributed by atoms with Crippen molar-refractivity contribution in [2.75, 3.05) is 25.2 Å². The minimum atomic E-state index is -0.783. The molecule has 0 aliphatic carbocycles. The van der Waals surface area contributed by atoms with Gasteiger partial charge in [0, 0.05) is 17.6 Å². The molecule has 140 valence electrons. The van der Waals surface area contributed by atoms with Crippen LogP contribution in [0, 0.1) is 5.92 Å². The average Bonchev–Trinajstić information content (AvgIpc) is 2.64. The lowest BCUT2D eigenvalue weighted by molar-refractivity contribution is -0.407. The molecule has 0 saturated heterocycles. The summed E-state index contributed by atoms with van der Waals surface area (Å²) < 4.78 is 1.33. The van der Waals surface area contributed by atoms with Gasteiger partial charge in [-0.15, -0.1) is 0 Å². The summed E-state index contributed by atoms with van der Waals surface area (Å²) in [5, 5.41) is 3.78. The third-order valence-corrected chi connectivity index (χ3v) is 5.31. The van der Waals surface area contributed by atoms with Crippen LogP contribution in [0.5, 0.6) is 0 Å². The zero-order chi connectivity index (χ0) is 19.7. The van der Waals surface area contributed by atoms with Crippen LogP contribution in [0.15, 0.2) is 34.3 Å². The maximum atomic E-state index is 12.6. The number of amides is 4. The Labute approximate surface area is 165 Å². The fourth-order valence-corrected chi connectivity index (χ4v) is 3.72. The normalized spacial score (nSPS) is 19.6. The fourth-order valence-electron chi connectivity index (χ4n) is 2.67. The van der Waals surface area contributed by atoms with Crippen LogP contribution in [-0.2, 0) is 9.59 Å². The minimum absolute atomic E-state index is 0.0627. The largest absolute Gasteiger partial charge is 0.445 e. The van der Waals surface area contributed by atoms with Gasteiger partial charge in [0.1, 0.15) is 5.04 Å². The van der Waals surface area contributed by atoms with E-state index in [-0.39, 0.29) is 11.7 Å². The smallest absolute Gasteiger partial charge is 0.325 e. The number of benzene rings is 1. The highest BCUT2D eigenvalue weighted by Crippen LogP contribution is 2.25. The van der Waals surface area contributed by atoms with Crippen molar-refractivity contribution in [1.82, 2.24) is 4.90 Å². The number of nitrogens with one attached hydrogen (secondary N) is 1. The molecule has 0 bridgehead atoms. The number of hydrogen-bond acceptors (Lipinski definition) is 6. The Morgan fingerprint density at radius 3 is 2.63 bits per heavy atom. The second-order valence-electron chi connectivity index (χ2n) is 5.98. The standard InChI is InChI=1S/C17H16ClN5O3S/c1-9-19-14-13(16(25)23(3)17(26)22(14)2)15(20-9)27-8-12(24)21-11-6-4-10(18)5-7-11/h4-7,13H,8H2,1-3H3/p+1. The van der Waals surface area contributed by atoms with Crippen LogP contribution in [0.2, 0.25) is 5.02 Å². The lowest BCUT2D eigenvalue weighted by Crippen LogP contribution is -2.54. The summed E-state index contributed by atoms with van der Waals surface area (Å²) in [5.41, 5.74) is 0.624. The van der Waals surface area contributed by atoms with E-state index in [0.29, 0.717) is 27.4 Å².